The van der Waals surface area contributed by atoms with Gasteiger partial charge in [0.15, 0.2) is 6.61 Å². The maximum atomic E-state index is 12.1. The third-order valence-electron chi connectivity index (χ3n) is 3.00. The Morgan fingerprint density at radius 3 is 2.28 bits per heavy atom. The van der Waals surface area contributed by atoms with Crippen LogP contribution in [0, 0.1) is 0 Å². The van der Waals surface area contributed by atoms with Crippen molar-refractivity contribution in [1.82, 2.24) is 0 Å². The van der Waals surface area contributed by atoms with Crippen molar-refractivity contribution >= 4 is 75.7 Å². The van der Waals surface area contributed by atoms with Gasteiger partial charge in [-0.2, -0.15) is 0 Å². The molecule has 2 rings (SSSR count). The average molecular weight is 439 g/mol. The second-order valence-electron chi connectivity index (χ2n) is 4.71. The normalized spacial score (nSPS) is 10.4. The molecule has 0 spiro atoms. The number of benzene rings is 2. The Hall–Kier alpha value is -1.11. The third kappa shape index (κ3) is 5.43. The number of carbonyl (C=O) groups excluding carboxylic acids is 2. The van der Waals surface area contributed by atoms with E-state index in [1.165, 1.54) is 23.9 Å². The highest BCUT2D eigenvalue weighted by molar-refractivity contribution is 7.98. The van der Waals surface area contributed by atoms with E-state index < -0.39 is 18.5 Å². The topological polar surface area (TPSA) is 55.4 Å². The van der Waals surface area contributed by atoms with Crippen LogP contribution in [0.2, 0.25) is 20.1 Å². The molecule has 0 aliphatic heterocycles. The number of esters is 1. The van der Waals surface area contributed by atoms with Gasteiger partial charge in [0.2, 0.25) is 0 Å². The summed E-state index contributed by atoms with van der Waals surface area (Å²) in [4.78, 5) is 24.9. The summed E-state index contributed by atoms with van der Waals surface area (Å²) in [5, 5.41) is 3.40. The molecule has 0 radical (unpaired) electrons. The van der Waals surface area contributed by atoms with E-state index >= 15 is 0 Å². The number of carbonyl (C=O) groups is 2. The van der Waals surface area contributed by atoms with Gasteiger partial charge < -0.3 is 10.1 Å². The number of nitrogens with one attached hydrogen (secondary N) is 1. The molecule has 132 valence electrons. The minimum absolute atomic E-state index is 0.174. The van der Waals surface area contributed by atoms with E-state index in [0.717, 1.165) is 4.90 Å². The van der Waals surface area contributed by atoms with Crippen LogP contribution in [0.3, 0.4) is 0 Å². The number of rotatable bonds is 5. The van der Waals surface area contributed by atoms with Gasteiger partial charge in [0, 0.05) is 9.92 Å². The molecule has 2 aromatic carbocycles. The lowest BCUT2D eigenvalue weighted by molar-refractivity contribution is -0.119. The van der Waals surface area contributed by atoms with Crippen molar-refractivity contribution in [3.8, 4) is 0 Å². The number of amides is 1. The van der Waals surface area contributed by atoms with Crippen molar-refractivity contribution in [2.45, 2.75) is 4.90 Å². The molecular formula is C16H11Cl4NO3S. The summed E-state index contributed by atoms with van der Waals surface area (Å²) in [6.07, 6.45) is 1.87. The average Bonchev–Trinajstić information content (AvgIpc) is 2.56. The van der Waals surface area contributed by atoms with Crippen molar-refractivity contribution in [3.63, 3.8) is 0 Å². The molecule has 2 aromatic rings. The van der Waals surface area contributed by atoms with Gasteiger partial charge in [0.25, 0.3) is 5.91 Å². The molecule has 0 heterocycles. The van der Waals surface area contributed by atoms with E-state index in [0.29, 0.717) is 5.02 Å². The van der Waals surface area contributed by atoms with Crippen molar-refractivity contribution in [2.24, 2.45) is 0 Å². The predicted molar refractivity (Wildman–Crippen MR) is 104 cm³/mol. The van der Waals surface area contributed by atoms with Crippen LogP contribution < -0.4 is 5.32 Å². The summed E-state index contributed by atoms with van der Waals surface area (Å²) < 4.78 is 4.99. The molecule has 25 heavy (non-hydrogen) atoms. The number of hydrogen-bond donors (Lipinski definition) is 1. The van der Waals surface area contributed by atoms with Gasteiger partial charge in [0.1, 0.15) is 0 Å². The molecule has 0 unspecified atom stereocenters. The molecule has 0 saturated carbocycles. The van der Waals surface area contributed by atoms with E-state index in [-0.39, 0.29) is 26.3 Å². The Bertz CT molecular complexity index is 806. The summed E-state index contributed by atoms with van der Waals surface area (Å²) in [7, 11) is 0. The van der Waals surface area contributed by atoms with Gasteiger partial charge in [-0.3, -0.25) is 4.79 Å². The summed E-state index contributed by atoms with van der Waals surface area (Å²) in [5.41, 5.74) is 0.375. The number of halogens is 4. The van der Waals surface area contributed by atoms with Gasteiger partial charge in [-0.1, -0.05) is 46.4 Å². The molecule has 0 aromatic heterocycles. The van der Waals surface area contributed by atoms with E-state index in [2.05, 4.69) is 5.32 Å². The second kappa shape index (κ2) is 9.01. The van der Waals surface area contributed by atoms with Gasteiger partial charge in [-0.05, 0) is 36.6 Å². The van der Waals surface area contributed by atoms with Gasteiger partial charge in [-0.15, -0.1) is 11.8 Å². The minimum Gasteiger partial charge on any atom is -0.452 e. The Morgan fingerprint density at radius 1 is 1.04 bits per heavy atom. The summed E-state index contributed by atoms with van der Waals surface area (Å²) in [5.74, 6) is -1.30. The summed E-state index contributed by atoms with van der Waals surface area (Å²) in [6, 6.07) is 7.84. The number of thioether (sulfide) groups is 1. The number of ether oxygens (including phenoxy) is 1. The van der Waals surface area contributed by atoms with Crippen molar-refractivity contribution in [3.05, 3.63) is 56.0 Å². The second-order valence-corrected chi connectivity index (χ2v) is 7.25. The van der Waals surface area contributed by atoms with Gasteiger partial charge in [0.05, 0.1) is 26.3 Å². The highest BCUT2D eigenvalue weighted by Gasteiger charge is 2.16. The van der Waals surface area contributed by atoms with E-state index in [4.69, 9.17) is 51.1 Å². The van der Waals surface area contributed by atoms with Crippen LogP contribution in [0.4, 0.5) is 5.69 Å². The van der Waals surface area contributed by atoms with Crippen LogP contribution in [0.25, 0.3) is 0 Å². The SMILES string of the molecule is CSc1ccc(Cl)c(C(=O)OCC(=O)Nc2c(Cl)cc(Cl)cc2Cl)c1. The molecule has 4 nitrogen and oxygen atoms in total. The molecular weight excluding hydrogens is 428 g/mol. The molecule has 9 heteroatoms. The first-order valence-electron chi connectivity index (χ1n) is 6.77. The van der Waals surface area contributed by atoms with E-state index in [1.54, 1.807) is 18.2 Å². The van der Waals surface area contributed by atoms with Crippen molar-refractivity contribution in [1.29, 1.82) is 0 Å². The van der Waals surface area contributed by atoms with E-state index in [9.17, 15) is 9.59 Å². The summed E-state index contributed by atoms with van der Waals surface area (Å²) >= 11 is 25.2. The molecule has 0 bridgehead atoms. The van der Waals surface area contributed by atoms with Gasteiger partial charge in [-0.25, -0.2) is 4.79 Å². The summed E-state index contributed by atoms with van der Waals surface area (Å²) in [6.45, 7) is -0.520. The molecule has 0 atom stereocenters. The Kier molecular flexibility index (Phi) is 7.28. The first kappa shape index (κ1) is 20.2. The molecule has 0 aliphatic carbocycles. The van der Waals surface area contributed by atoms with Crippen LogP contribution in [0.1, 0.15) is 10.4 Å². The molecule has 0 aliphatic rings. The van der Waals surface area contributed by atoms with E-state index in [1.807, 2.05) is 6.26 Å². The standard InChI is InChI=1S/C16H11Cl4NO3S/c1-25-9-2-3-11(18)10(6-9)16(23)24-7-14(22)21-15-12(19)4-8(17)5-13(15)20/h2-6H,7H2,1H3,(H,21,22). The quantitative estimate of drug-likeness (QED) is 0.472. The first-order chi connectivity index (χ1) is 11.8. The fourth-order valence-corrected chi connectivity index (χ4v) is 3.38. The highest BCUT2D eigenvalue weighted by Crippen LogP contribution is 2.33. The van der Waals surface area contributed by atoms with Crippen LogP contribution in [-0.4, -0.2) is 24.7 Å². The Balaban J connectivity index is 2.02. The highest BCUT2D eigenvalue weighted by atomic mass is 35.5. The van der Waals surface area contributed by atoms with Crippen LogP contribution in [0.5, 0.6) is 0 Å². The predicted octanol–water partition coefficient (Wildman–Crippen LogP) is 5.82. The monoisotopic (exact) mass is 437 g/mol. The fourth-order valence-electron chi connectivity index (χ4n) is 1.83. The minimum atomic E-state index is -0.704. The Labute approximate surface area is 168 Å². The maximum absolute atomic E-state index is 12.1. The zero-order chi connectivity index (χ0) is 18.6. The molecule has 1 N–H and O–H groups in total. The Morgan fingerprint density at radius 2 is 1.68 bits per heavy atom. The lowest BCUT2D eigenvalue weighted by Gasteiger charge is -2.11. The maximum Gasteiger partial charge on any atom is 0.340 e. The smallest absolute Gasteiger partial charge is 0.340 e. The molecule has 0 fully saturated rings. The van der Waals surface area contributed by atoms with Crippen molar-refractivity contribution < 1.29 is 14.3 Å². The first-order valence-corrected chi connectivity index (χ1v) is 9.50. The third-order valence-corrected chi connectivity index (χ3v) is 4.87. The van der Waals surface area contributed by atoms with Gasteiger partial charge >= 0.3 is 5.97 Å². The fraction of sp³-hybridized carbons (Fsp3) is 0.125. The zero-order valence-corrected chi connectivity index (χ0v) is 16.6. The van der Waals surface area contributed by atoms with Crippen LogP contribution in [-0.2, 0) is 9.53 Å². The number of hydrogen-bond acceptors (Lipinski definition) is 4. The van der Waals surface area contributed by atoms with Crippen molar-refractivity contribution in [2.75, 3.05) is 18.2 Å². The number of anilines is 1. The largest absolute Gasteiger partial charge is 0.452 e. The molecule has 1 amide bonds. The van der Waals surface area contributed by atoms with Crippen LogP contribution in [0.15, 0.2) is 35.2 Å². The lowest BCUT2D eigenvalue weighted by atomic mass is 10.2. The molecule has 0 saturated heterocycles. The van der Waals surface area contributed by atoms with Crippen LogP contribution >= 0.6 is 58.2 Å². The lowest BCUT2D eigenvalue weighted by Crippen LogP contribution is -2.21. The zero-order valence-electron chi connectivity index (χ0n) is 12.7.